The minimum absolute atomic E-state index is 0.750. The van der Waals surface area contributed by atoms with Crippen LogP contribution in [0.1, 0.15) is 78.1 Å². The minimum atomic E-state index is 0.750. The lowest BCUT2D eigenvalue weighted by Gasteiger charge is -1.90. The molecule has 0 spiro atoms. The van der Waals surface area contributed by atoms with Gasteiger partial charge in [-0.15, -0.1) is 0 Å². The van der Waals surface area contributed by atoms with Crippen LogP contribution in [-0.4, -0.2) is 12.6 Å². The van der Waals surface area contributed by atoms with Gasteiger partial charge in [-0.1, -0.05) is 52.4 Å². The van der Waals surface area contributed by atoms with Gasteiger partial charge in [0, 0.05) is 12.8 Å². The lowest BCUT2D eigenvalue weighted by Crippen LogP contribution is -1.76. The van der Waals surface area contributed by atoms with E-state index in [1.807, 2.05) is 0 Å². The van der Waals surface area contributed by atoms with E-state index in [9.17, 15) is 9.59 Å². The molecular formula is C14H28O2. The summed E-state index contributed by atoms with van der Waals surface area (Å²) in [5.41, 5.74) is 0. The largest absolute Gasteiger partial charge is 0.303 e. The average molecular weight is 228 g/mol. The Morgan fingerprint density at radius 2 is 1.00 bits per heavy atom. The highest BCUT2D eigenvalue weighted by molar-refractivity contribution is 5.49. The third-order valence-corrected chi connectivity index (χ3v) is 2.35. The Labute approximate surface area is 101 Å². The molecule has 0 radical (unpaired) electrons. The van der Waals surface area contributed by atoms with Gasteiger partial charge in [0.05, 0.1) is 0 Å². The summed E-state index contributed by atoms with van der Waals surface area (Å²) in [6, 6.07) is 0. The van der Waals surface area contributed by atoms with E-state index in [-0.39, 0.29) is 0 Å². The molecule has 0 fully saturated rings. The molecule has 16 heavy (non-hydrogen) atoms. The molecule has 0 rings (SSSR count). The van der Waals surface area contributed by atoms with Gasteiger partial charge < -0.3 is 9.59 Å². The molecule has 0 aliphatic rings. The van der Waals surface area contributed by atoms with Crippen LogP contribution in [0.5, 0.6) is 0 Å². The molecule has 96 valence electrons. The Kier molecular flexibility index (Phi) is 22.0. The molecule has 0 aromatic rings. The molecule has 2 heteroatoms. The fraction of sp³-hybridized carbons (Fsp3) is 0.857. The molecule has 0 aromatic carbocycles. The number of carbonyl (C=O) groups is 2. The standard InChI is InChI=1S/2C7H14O/c2*1-2-3-4-5-6-7-8/h2*7H,2-6H2,1H3. The maximum atomic E-state index is 9.77. The van der Waals surface area contributed by atoms with Crippen LogP contribution in [0.15, 0.2) is 0 Å². The van der Waals surface area contributed by atoms with Gasteiger partial charge in [-0.05, 0) is 12.8 Å². The quantitative estimate of drug-likeness (QED) is 0.412. The van der Waals surface area contributed by atoms with E-state index < -0.39 is 0 Å². The molecule has 0 N–H and O–H groups in total. The van der Waals surface area contributed by atoms with E-state index in [0.717, 1.165) is 38.3 Å². The second kappa shape index (κ2) is 19.8. The zero-order valence-corrected chi connectivity index (χ0v) is 11.0. The third kappa shape index (κ3) is 23.3. The van der Waals surface area contributed by atoms with E-state index in [1.165, 1.54) is 38.5 Å². The van der Waals surface area contributed by atoms with Crippen molar-refractivity contribution in [2.75, 3.05) is 0 Å². The van der Waals surface area contributed by atoms with Crippen LogP contribution in [0.2, 0.25) is 0 Å². The number of rotatable bonds is 10. The molecule has 0 aliphatic carbocycles. The van der Waals surface area contributed by atoms with Crippen molar-refractivity contribution >= 4 is 12.6 Å². The smallest absolute Gasteiger partial charge is 0.119 e. The minimum Gasteiger partial charge on any atom is -0.303 e. The number of hydrogen-bond donors (Lipinski definition) is 0. The first kappa shape index (κ1) is 17.7. The van der Waals surface area contributed by atoms with Crippen molar-refractivity contribution in [1.82, 2.24) is 0 Å². The SMILES string of the molecule is CCCCCCC=O.CCCCCCC=O. The second-order valence-electron chi connectivity index (χ2n) is 4.03. The molecule has 0 heterocycles. The predicted octanol–water partition coefficient (Wildman–Crippen LogP) is 4.31. The summed E-state index contributed by atoms with van der Waals surface area (Å²) in [5.74, 6) is 0. The first-order chi connectivity index (χ1) is 7.83. The summed E-state index contributed by atoms with van der Waals surface area (Å²) in [4.78, 5) is 19.5. The number of aldehydes is 2. The first-order valence-corrected chi connectivity index (χ1v) is 6.70. The lowest BCUT2D eigenvalue weighted by molar-refractivity contribution is -0.108. The number of unbranched alkanes of at least 4 members (excludes halogenated alkanes) is 8. The molecule has 0 aliphatic heterocycles. The van der Waals surface area contributed by atoms with E-state index in [1.54, 1.807) is 0 Å². The normalized spacial score (nSPS) is 9.12. The Balaban J connectivity index is 0. The van der Waals surface area contributed by atoms with Crippen molar-refractivity contribution in [3.63, 3.8) is 0 Å². The molecule has 2 nitrogen and oxygen atoms in total. The van der Waals surface area contributed by atoms with Gasteiger partial charge in [-0.2, -0.15) is 0 Å². The van der Waals surface area contributed by atoms with Crippen LogP contribution < -0.4 is 0 Å². The number of hydrogen-bond acceptors (Lipinski definition) is 2. The second-order valence-corrected chi connectivity index (χ2v) is 4.03. The van der Waals surface area contributed by atoms with Crippen LogP contribution in [0.25, 0.3) is 0 Å². The van der Waals surface area contributed by atoms with Gasteiger partial charge in [-0.25, -0.2) is 0 Å². The Bertz CT molecular complexity index is 117. The predicted molar refractivity (Wildman–Crippen MR) is 69.6 cm³/mol. The first-order valence-electron chi connectivity index (χ1n) is 6.70. The summed E-state index contributed by atoms with van der Waals surface area (Å²) < 4.78 is 0. The molecule has 0 saturated heterocycles. The molecule has 0 atom stereocenters. The molecule has 0 unspecified atom stereocenters. The van der Waals surface area contributed by atoms with Gasteiger partial charge in [-0.3, -0.25) is 0 Å². The Morgan fingerprint density at radius 3 is 1.25 bits per heavy atom. The molecule has 0 amide bonds. The van der Waals surface area contributed by atoms with Crippen molar-refractivity contribution in [2.24, 2.45) is 0 Å². The highest BCUT2D eigenvalue weighted by atomic mass is 16.1. The highest BCUT2D eigenvalue weighted by Crippen LogP contribution is 2.00. The fourth-order valence-corrected chi connectivity index (χ4v) is 1.31. The van der Waals surface area contributed by atoms with Crippen molar-refractivity contribution in [3.05, 3.63) is 0 Å². The van der Waals surface area contributed by atoms with Gasteiger partial charge in [0.2, 0.25) is 0 Å². The van der Waals surface area contributed by atoms with Gasteiger partial charge in [0.15, 0.2) is 0 Å². The van der Waals surface area contributed by atoms with E-state index in [2.05, 4.69) is 13.8 Å². The van der Waals surface area contributed by atoms with Gasteiger partial charge >= 0.3 is 0 Å². The van der Waals surface area contributed by atoms with E-state index >= 15 is 0 Å². The van der Waals surface area contributed by atoms with Crippen LogP contribution in [0, 0.1) is 0 Å². The zero-order chi connectivity index (χ0) is 12.5. The maximum absolute atomic E-state index is 9.77. The Hall–Kier alpha value is -0.660. The summed E-state index contributed by atoms with van der Waals surface area (Å²) in [5, 5.41) is 0. The summed E-state index contributed by atoms with van der Waals surface area (Å²) in [6.45, 7) is 4.34. The van der Waals surface area contributed by atoms with Crippen LogP contribution in [-0.2, 0) is 9.59 Å². The summed E-state index contributed by atoms with van der Waals surface area (Å²) in [7, 11) is 0. The average Bonchev–Trinajstić information content (AvgIpc) is 2.31. The monoisotopic (exact) mass is 228 g/mol. The number of carbonyl (C=O) groups excluding carboxylic acids is 2. The van der Waals surface area contributed by atoms with Gasteiger partial charge in [0.25, 0.3) is 0 Å². The molecule has 0 bridgehead atoms. The highest BCUT2D eigenvalue weighted by Gasteiger charge is 1.84. The Morgan fingerprint density at radius 1 is 0.625 bits per heavy atom. The zero-order valence-electron chi connectivity index (χ0n) is 11.0. The lowest BCUT2D eigenvalue weighted by atomic mass is 10.2. The fourth-order valence-electron chi connectivity index (χ4n) is 1.31. The molecule has 0 saturated carbocycles. The van der Waals surface area contributed by atoms with Crippen molar-refractivity contribution < 1.29 is 9.59 Å². The topological polar surface area (TPSA) is 34.1 Å². The van der Waals surface area contributed by atoms with Crippen LogP contribution in [0.3, 0.4) is 0 Å². The van der Waals surface area contributed by atoms with Gasteiger partial charge in [0.1, 0.15) is 12.6 Å². The van der Waals surface area contributed by atoms with Crippen LogP contribution in [0.4, 0.5) is 0 Å². The third-order valence-electron chi connectivity index (χ3n) is 2.35. The summed E-state index contributed by atoms with van der Waals surface area (Å²) in [6.07, 6.45) is 13.1. The molecule has 0 aromatic heterocycles. The van der Waals surface area contributed by atoms with E-state index in [4.69, 9.17) is 0 Å². The van der Waals surface area contributed by atoms with Crippen molar-refractivity contribution in [1.29, 1.82) is 0 Å². The summed E-state index contributed by atoms with van der Waals surface area (Å²) >= 11 is 0. The maximum Gasteiger partial charge on any atom is 0.119 e. The van der Waals surface area contributed by atoms with Crippen molar-refractivity contribution in [3.8, 4) is 0 Å². The van der Waals surface area contributed by atoms with Crippen molar-refractivity contribution in [2.45, 2.75) is 78.1 Å². The van der Waals surface area contributed by atoms with Crippen LogP contribution >= 0.6 is 0 Å². The van der Waals surface area contributed by atoms with E-state index in [0.29, 0.717) is 0 Å². The molecular weight excluding hydrogens is 200 g/mol.